The number of rotatable bonds is 8. The highest BCUT2D eigenvalue weighted by Gasteiger charge is 2.36. The lowest BCUT2D eigenvalue weighted by molar-refractivity contribution is -0.121. The lowest BCUT2D eigenvalue weighted by Crippen LogP contribution is -2.50. The first-order valence-corrected chi connectivity index (χ1v) is 10.6. The van der Waals surface area contributed by atoms with E-state index < -0.39 is 0 Å². The minimum absolute atomic E-state index is 0.0154. The molecule has 1 heterocycles. The van der Waals surface area contributed by atoms with E-state index in [1.54, 1.807) is 19.2 Å². The summed E-state index contributed by atoms with van der Waals surface area (Å²) in [5.41, 5.74) is 1.72. The van der Waals surface area contributed by atoms with Crippen molar-refractivity contribution < 1.29 is 18.7 Å². The van der Waals surface area contributed by atoms with Gasteiger partial charge in [-0.25, -0.2) is 4.39 Å². The summed E-state index contributed by atoms with van der Waals surface area (Å²) in [7, 11) is 1.65. The lowest BCUT2D eigenvalue weighted by atomic mass is 9.82. The van der Waals surface area contributed by atoms with Crippen molar-refractivity contribution in [2.45, 2.75) is 37.3 Å². The van der Waals surface area contributed by atoms with Crippen molar-refractivity contribution >= 4 is 5.91 Å². The third kappa shape index (κ3) is 4.82. The number of carbonyl (C=O) groups is 1. The van der Waals surface area contributed by atoms with E-state index in [9.17, 15) is 9.18 Å². The number of halogens is 1. The van der Waals surface area contributed by atoms with Gasteiger partial charge in [-0.15, -0.1) is 0 Å². The number of methoxy groups -OCH3 is 1. The zero-order valence-electron chi connectivity index (χ0n) is 17.3. The molecule has 1 aliphatic carbocycles. The maximum atomic E-state index is 13.4. The van der Waals surface area contributed by atoms with Crippen LogP contribution in [0.5, 0.6) is 5.75 Å². The molecule has 4 rings (SSSR count). The van der Waals surface area contributed by atoms with Crippen molar-refractivity contribution in [2.75, 3.05) is 26.9 Å². The van der Waals surface area contributed by atoms with Crippen molar-refractivity contribution in [3.05, 3.63) is 65.5 Å². The van der Waals surface area contributed by atoms with Crippen molar-refractivity contribution in [3.8, 4) is 5.75 Å². The Bertz CT molecular complexity index is 844. The molecule has 0 radical (unpaired) electrons. The van der Waals surface area contributed by atoms with Crippen LogP contribution in [0.25, 0.3) is 0 Å². The maximum absolute atomic E-state index is 13.4. The van der Waals surface area contributed by atoms with Crippen molar-refractivity contribution in [2.24, 2.45) is 5.92 Å². The first kappa shape index (κ1) is 20.8. The van der Waals surface area contributed by atoms with Gasteiger partial charge in [0, 0.05) is 18.8 Å². The van der Waals surface area contributed by atoms with Crippen LogP contribution in [-0.2, 0) is 15.1 Å². The minimum Gasteiger partial charge on any atom is -0.497 e. The van der Waals surface area contributed by atoms with E-state index in [1.165, 1.54) is 12.1 Å². The van der Waals surface area contributed by atoms with Crippen molar-refractivity contribution in [1.82, 2.24) is 10.6 Å². The maximum Gasteiger partial charge on any atom is 0.234 e. The molecule has 0 bridgehead atoms. The Balaban J connectivity index is 1.43. The molecule has 1 unspecified atom stereocenters. The highest BCUT2D eigenvalue weighted by molar-refractivity contribution is 5.78. The number of benzene rings is 2. The topological polar surface area (TPSA) is 59.6 Å². The van der Waals surface area contributed by atoms with E-state index in [0.29, 0.717) is 19.1 Å². The molecule has 1 saturated heterocycles. The molecule has 1 saturated carbocycles. The molecule has 2 aromatic rings. The summed E-state index contributed by atoms with van der Waals surface area (Å²) in [5, 5.41) is 6.69. The number of carbonyl (C=O) groups excluding carboxylic acids is 1. The van der Waals surface area contributed by atoms with E-state index >= 15 is 0 Å². The Morgan fingerprint density at radius 2 is 1.80 bits per heavy atom. The van der Waals surface area contributed by atoms with Gasteiger partial charge in [0.25, 0.3) is 0 Å². The fourth-order valence-electron chi connectivity index (χ4n) is 4.24. The van der Waals surface area contributed by atoms with E-state index in [1.807, 2.05) is 24.3 Å². The van der Waals surface area contributed by atoms with Crippen LogP contribution in [0.1, 0.15) is 42.9 Å². The molecule has 0 aromatic heterocycles. The summed E-state index contributed by atoms with van der Waals surface area (Å²) in [6.07, 6.45) is 3.75. The van der Waals surface area contributed by atoms with Crippen LogP contribution in [0, 0.1) is 11.7 Å². The third-order valence-electron chi connectivity index (χ3n) is 6.22. The summed E-state index contributed by atoms with van der Waals surface area (Å²) in [4.78, 5) is 12.9. The minimum atomic E-state index is -0.377. The predicted molar refractivity (Wildman–Crippen MR) is 113 cm³/mol. The SMILES string of the molecule is COc1ccc(C(NC(=O)CNC2(c3ccc(F)cc3)CCOCC2)C2CC2)cc1. The molecule has 1 atom stereocenters. The lowest BCUT2D eigenvalue weighted by Gasteiger charge is -2.38. The molecule has 1 amide bonds. The van der Waals surface area contributed by atoms with Gasteiger partial charge in [0.1, 0.15) is 11.6 Å². The van der Waals surface area contributed by atoms with Crippen LogP contribution in [-0.4, -0.2) is 32.8 Å². The van der Waals surface area contributed by atoms with E-state index in [-0.39, 0.29) is 29.8 Å². The summed E-state index contributed by atoms with van der Waals surface area (Å²) in [6, 6.07) is 14.5. The van der Waals surface area contributed by atoms with Gasteiger partial charge in [-0.1, -0.05) is 24.3 Å². The molecule has 2 aliphatic rings. The van der Waals surface area contributed by atoms with Crippen LogP contribution in [0.3, 0.4) is 0 Å². The monoisotopic (exact) mass is 412 g/mol. The average molecular weight is 413 g/mol. The standard InChI is InChI=1S/C24H29FN2O3/c1-29-21-10-4-18(5-11-21)23(17-2-3-17)27-22(28)16-26-24(12-14-30-15-13-24)19-6-8-20(25)9-7-19/h4-11,17,23,26H,2-3,12-16H2,1H3,(H,27,28). The van der Waals surface area contributed by atoms with E-state index in [4.69, 9.17) is 9.47 Å². The zero-order valence-corrected chi connectivity index (χ0v) is 17.3. The van der Waals surface area contributed by atoms with Crippen molar-refractivity contribution in [3.63, 3.8) is 0 Å². The molecule has 6 heteroatoms. The second kappa shape index (κ2) is 9.14. The van der Waals surface area contributed by atoms with Gasteiger partial charge in [0.05, 0.1) is 19.7 Å². The second-order valence-corrected chi connectivity index (χ2v) is 8.21. The van der Waals surface area contributed by atoms with Gasteiger partial charge in [-0.3, -0.25) is 10.1 Å². The third-order valence-corrected chi connectivity index (χ3v) is 6.22. The molecule has 2 aromatic carbocycles. The number of hydrogen-bond acceptors (Lipinski definition) is 4. The smallest absolute Gasteiger partial charge is 0.234 e. The van der Waals surface area contributed by atoms with Crippen LogP contribution in [0.15, 0.2) is 48.5 Å². The summed E-state index contributed by atoms with van der Waals surface area (Å²) < 4.78 is 24.2. The molecular weight excluding hydrogens is 383 g/mol. The van der Waals surface area contributed by atoms with Crippen LogP contribution in [0.4, 0.5) is 4.39 Å². The summed E-state index contributed by atoms with van der Waals surface area (Å²) in [6.45, 7) is 1.43. The highest BCUT2D eigenvalue weighted by Crippen LogP contribution is 2.41. The Hall–Kier alpha value is -2.44. The molecule has 5 nitrogen and oxygen atoms in total. The van der Waals surface area contributed by atoms with Gasteiger partial charge < -0.3 is 14.8 Å². The average Bonchev–Trinajstić information content (AvgIpc) is 3.63. The number of hydrogen-bond donors (Lipinski definition) is 2. The van der Waals surface area contributed by atoms with Gasteiger partial charge >= 0.3 is 0 Å². The largest absolute Gasteiger partial charge is 0.497 e. The Kier molecular flexibility index (Phi) is 6.35. The van der Waals surface area contributed by atoms with Gasteiger partial charge in [-0.05, 0) is 67.0 Å². The molecule has 0 spiro atoms. The number of amides is 1. The summed E-state index contributed by atoms with van der Waals surface area (Å²) in [5.74, 6) is 1.000. The molecular formula is C24H29FN2O3. The summed E-state index contributed by atoms with van der Waals surface area (Å²) >= 11 is 0. The number of ether oxygens (including phenoxy) is 2. The first-order valence-electron chi connectivity index (χ1n) is 10.6. The molecule has 1 aliphatic heterocycles. The van der Waals surface area contributed by atoms with E-state index in [2.05, 4.69) is 10.6 Å². The Labute approximate surface area is 177 Å². The van der Waals surface area contributed by atoms with Crippen molar-refractivity contribution in [1.29, 1.82) is 0 Å². The normalized spacial score (nSPS) is 19.1. The second-order valence-electron chi connectivity index (χ2n) is 8.21. The van der Waals surface area contributed by atoms with E-state index in [0.717, 1.165) is 42.6 Å². The van der Waals surface area contributed by atoms with Crippen LogP contribution < -0.4 is 15.4 Å². The van der Waals surface area contributed by atoms with Gasteiger partial charge in [0.15, 0.2) is 0 Å². The molecule has 160 valence electrons. The quantitative estimate of drug-likeness (QED) is 0.694. The molecule has 2 fully saturated rings. The fourth-order valence-corrected chi connectivity index (χ4v) is 4.24. The van der Waals surface area contributed by atoms with Gasteiger partial charge in [0.2, 0.25) is 5.91 Å². The fraction of sp³-hybridized carbons (Fsp3) is 0.458. The van der Waals surface area contributed by atoms with Crippen LogP contribution >= 0.6 is 0 Å². The Morgan fingerprint density at radius 1 is 1.13 bits per heavy atom. The highest BCUT2D eigenvalue weighted by atomic mass is 19.1. The predicted octanol–water partition coefficient (Wildman–Crippen LogP) is 3.70. The van der Waals surface area contributed by atoms with Gasteiger partial charge in [-0.2, -0.15) is 0 Å². The number of nitrogens with one attached hydrogen (secondary N) is 2. The van der Waals surface area contributed by atoms with Crippen LogP contribution in [0.2, 0.25) is 0 Å². The zero-order chi connectivity index (χ0) is 21.0. The molecule has 30 heavy (non-hydrogen) atoms. The first-order chi connectivity index (χ1) is 14.6. The Morgan fingerprint density at radius 3 is 2.40 bits per heavy atom. The molecule has 2 N–H and O–H groups in total.